The fourth-order valence-electron chi connectivity index (χ4n) is 13.9. The molecular formula is C80H149NO18. The van der Waals surface area contributed by atoms with Gasteiger partial charge in [-0.2, -0.15) is 0 Å². The van der Waals surface area contributed by atoms with Crippen LogP contribution in [-0.2, 0) is 33.2 Å². The summed E-state index contributed by atoms with van der Waals surface area (Å²) in [5.41, 5.74) is 0. The molecule has 3 aliphatic rings. The second-order valence-corrected chi connectivity index (χ2v) is 29.2. The van der Waals surface area contributed by atoms with Crippen LogP contribution < -0.4 is 5.32 Å². The summed E-state index contributed by atoms with van der Waals surface area (Å²) in [6.07, 6.45) is 48.7. The first kappa shape index (κ1) is 91.2. The van der Waals surface area contributed by atoms with Gasteiger partial charge >= 0.3 is 0 Å². The van der Waals surface area contributed by atoms with Gasteiger partial charge in [0.05, 0.1) is 38.6 Å². The van der Waals surface area contributed by atoms with Crippen LogP contribution in [0.5, 0.6) is 0 Å². The summed E-state index contributed by atoms with van der Waals surface area (Å²) in [4.78, 5) is 13.5. The molecule has 582 valence electrons. The van der Waals surface area contributed by atoms with Gasteiger partial charge in [-0.1, -0.05) is 320 Å². The Morgan fingerprint density at radius 1 is 0.354 bits per heavy atom. The van der Waals surface area contributed by atoms with Gasteiger partial charge in [0.2, 0.25) is 5.91 Å². The van der Waals surface area contributed by atoms with Crippen molar-refractivity contribution in [3.8, 4) is 0 Å². The van der Waals surface area contributed by atoms with Crippen LogP contribution in [0.25, 0.3) is 0 Å². The fourth-order valence-corrected chi connectivity index (χ4v) is 13.9. The van der Waals surface area contributed by atoms with Crippen molar-refractivity contribution in [2.24, 2.45) is 0 Å². The number of amides is 1. The number of hydrogen-bond donors (Lipinski definition) is 12. The zero-order chi connectivity index (χ0) is 71.8. The van der Waals surface area contributed by atoms with E-state index < -0.39 is 124 Å². The largest absolute Gasteiger partial charge is 0.394 e. The Morgan fingerprint density at radius 2 is 0.646 bits per heavy atom. The minimum absolute atomic E-state index is 0.236. The standard InChI is InChI=1S/C80H149NO18/c1-3-5-7-9-11-13-15-17-19-21-23-24-25-26-27-28-29-30-31-32-33-34-35-36-37-38-40-42-44-46-48-50-52-54-56-58-68(86)81-63(64(85)57-55-53-51-49-47-45-43-41-39-22-20-18-16-14-12-10-8-6-4-2)62-94-78-74(92)71(89)76(66(60-83)96-78)99-80-75(93)72(90)77(67(61-84)97-80)98-79-73(91)70(88)69(87)65(59-82)95-79/h39,41,47,49,55,57,63-67,69-80,82-85,87-93H,3-38,40,42-46,48,50-54,56,58-62H2,1-2H3,(H,81,86)/b41-39+,49-47+,57-55+. The van der Waals surface area contributed by atoms with Crippen LogP contribution in [-0.4, -0.2) is 193 Å². The normalized spacial score (nSPS) is 26.7. The molecule has 12 N–H and O–H groups in total. The van der Waals surface area contributed by atoms with E-state index in [1.54, 1.807) is 6.08 Å². The highest BCUT2D eigenvalue weighted by molar-refractivity contribution is 5.76. The predicted molar refractivity (Wildman–Crippen MR) is 393 cm³/mol. The van der Waals surface area contributed by atoms with Gasteiger partial charge in [0.25, 0.3) is 0 Å². The summed E-state index contributed by atoms with van der Waals surface area (Å²) < 4.78 is 34.4. The van der Waals surface area contributed by atoms with Crippen molar-refractivity contribution < 1.29 is 89.4 Å². The average Bonchev–Trinajstić information content (AvgIpc) is 0.788. The number of rotatable bonds is 65. The molecule has 0 aromatic rings. The van der Waals surface area contributed by atoms with Crippen LogP contribution in [0.15, 0.2) is 36.5 Å². The number of carbonyl (C=O) groups excluding carboxylic acids is 1. The molecule has 99 heavy (non-hydrogen) atoms. The van der Waals surface area contributed by atoms with E-state index in [2.05, 4.69) is 43.5 Å². The molecule has 3 rings (SSSR count). The highest BCUT2D eigenvalue weighted by Crippen LogP contribution is 2.33. The van der Waals surface area contributed by atoms with E-state index in [0.29, 0.717) is 12.8 Å². The van der Waals surface area contributed by atoms with Crippen molar-refractivity contribution in [3.63, 3.8) is 0 Å². The molecule has 0 radical (unpaired) electrons. The van der Waals surface area contributed by atoms with Crippen LogP contribution >= 0.6 is 0 Å². The van der Waals surface area contributed by atoms with Gasteiger partial charge in [0.15, 0.2) is 18.9 Å². The summed E-state index contributed by atoms with van der Waals surface area (Å²) >= 11 is 0. The lowest BCUT2D eigenvalue weighted by Gasteiger charge is -2.48. The first-order chi connectivity index (χ1) is 48.3. The fraction of sp³-hybridized carbons (Fsp3) is 0.912. The molecule has 0 aromatic carbocycles. The maximum absolute atomic E-state index is 13.5. The molecule has 0 aliphatic carbocycles. The lowest BCUT2D eigenvalue weighted by molar-refractivity contribution is -0.379. The molecule has 19 heteroatoms. The molecule has 17 atom stereocenters. The predicted octanol–water partition coefficient (Wildman–Crippen LogP) is 13.5. The summed E-state index contributed by atoms with van der Waals surface area (Å²) in [7, 11) is 0. The third-order valence-electron chi connectivity index (χ3n) is 20.4. The summed E-state index contributed by atoms with van der Waals surface area (Å²) in [6.45, 7) is 1.75. The average molecular weight is 1410 g/mol. The molecule has 3 heterocycles. The van der Waals surface area contributed by atoms with Crippen LogP contribution in [0, 0.1) is 0 Å². The van der Waals surface area contributed by atoms with E-state index in [1.165, 1.54) is 257 Å². The maximum Gasteiger partial charge on any atom is 0.220 e. The molecular weight excluding hydrogens is 1260 g/mol. The van der Waals surface area contributed by atoms with Gasteiger partial charge in [0, 0.05) is 6.42 Å². The molecule has 3 fully saturated rings. The van der Waals surface area contributed by atoms with E-state index >= 15 is 0 Å². The number of unbranched alkanes of at least 4 members (excludes halogenated alkanes) is 45. The van der Waals surface area contributed by atoms with Gasteiger partial charge in [-0.15, -0.1) is 0 Å². The van der Waals surface area contributed by atoms with Crippen molar-refractivity contribution in [1.82, 2.24) is 5.32 Å². The Balaban J connectivity index is 1.34. The Bertz CT molecular complexity index is 1930. The smallest absolute Gasteiger partial charge is 0.220 e. The zero-order valence-electron chi connectivity index (χ0n) is 62.2. The number of ether oxygens (including phenoxy) is 6. The van der Waals surface area contributed by atoms with Gasteiger partial charge in [-0.05, 0) is 44.9 Å². The second-order valence-electron chi connectivity index (χ2n) is 29.2. The van der Waals surface area contributed by atoms with Gasteiger partial charge in [0.1, 0.15) is 73.2 Å². The minimum atomic E-state index is -1.98. The minimum Gasteiger partial charge on any atom is -0.394 e. The van der Waals surface area contributed by atoms with Gasteiger partial charge in [-0.25, -0.2) is 0 Å². The van der Waals surface area contributed by atoms with Gasteiger partial charge < -0.3 is 89.9 Å². The molecule has 0 saturated carbocycles. The highest BCUT2D eigenvalue weighted by atomic mass is 16.8. The third-order valence-corrected chi connectivity index (χ3v) is 20.4. The van der Waals surface area contributed by atoms with Crippen LogP contribution in [0.2, 0.25) is 0 Å². The maximum atomic E-state index is 13.5. The quantitative estimate of drug-likeness (QED) is 0.0199. The van der Waals surface area contributed by atoms with Crippen molar-refractivity contribution in [3.05, 3.63) is 36.5 Å². The number of aliphatic hydroxyl groups is 11. The number of allylic oxidation sites excluding steroid dienone is 5. The van der Waals surface area contributed by atoms with Crippen molar-refractivity contribution in [2.45, 2.75) is 439 Å². The van der Waals surface area contributed by atoms with E-state index in [9.17, 15) is 61.0 Å². The molecule has 0 spiro atoms. The van der Waals surface area contributed by atoms with Gasteiger partial charge in [-0.3, -0.25) is 4.79 Å². The first-order valence-corrected chi connectivity index (χ1v) is 40.7. The zero-order valence-corrected chi connectivity index (χ0v) is 62.2. The lowest BCUT2D eigenvalue weighted by Crippen LogP contribution is -2.66. The summed E-state index contributed by atoms with van der Waals surface area (Å²) in [5, 5.41) is 121. The molecule has 0 aromatic heterocycles. The Morgan fingerprint density at radius 3 is 1.01 bits per heavy atom. The van der Waals surface area contributed by atoms with Crippen molar-refractivity contribution in [2.75, 3.05) is 26.4 Å². The summed E-state index contributed by atoms with van der Waals surface area (Å²) in [5.74, 6) is -0.283. The van der Waals surface area contributed by atoms with E-state index in [-0.39, 0.29) is 18.9 Å². The van der Waals surface area contributed by atoms with Crippen LogP contribution in [0.4, 0.5) is 0 Å². The number of carbonyl (C=O) groups is 1. The van der Waals surface area contributed by atoms with E-state index in [0.717, 1.165) is 44.9 Å². The number of hydrogen-bond acceptors (Lipinski definition) is 18. The van der Waals surface area contributed by atoms with E-state index in [4.69, 9.17) is 28.4 Å². The van der Waals surface area contributed by atoms with Crippen molar-refractivity contribution >= 4 is 5.91 Å². The topological polar surface area (TPSA) is 307 Å². The van der Waals surface area contributed by atoms with Crippen molar-refractivity contribution in [1.29, 1.82) is 0 Å². The molecule has 0 bridgehead atoms. The molecule has 1 amide bonds. The Labute approximate surface area is 600 Å². The molecule has 19 nitrogen and oxygen atoms in total. The van der Waals surface area contributed by atoms with E-state index in [1.807, 2.05) is 6.08 Å². The molecule has 3 saturated heterocycles. The van der Waals surface area contributed by atoms with Crippen LogP contribution in [0.1, 0.15) is 335 Å². The Kier molecular flexibility index (Phi) is 56.4. The highest BCUT2D eigenvalue weighted by Gasteiger charge is 2.54. The number of aliphatic hydroxyl groups excluding tert-OH is 11. The Hall–Kier alpha value is -1.99. The van der Waals surface area contributed by atoms with Crippen LogP contribution in [0.3, 0.4) is 0 Å². The second kappa shape index (κ2) is 61.2. The number of nitrogens with one attached hydrogen (secondary N) is 1. The molecule has 17 unspecified atom stereocenters. The SMILES string of the molecule is CCCCCCCCCCC/C=C/CC/C=C/CC/C=C/C(O)C(COC1OC(CO)C(OC2OC(CO)C(OC3OC(CO)C(O)C(O)C3O)C(O)C2O)C(O)C1O)NC(=O)CCCCCCCCCCCCCCCCCCCCCCCCCCCCCCCCCCCCC. The monoisotopic (exact) mass is 1410 g/mol. The summed E-state index contributed by atoms with van der Waals surface area (Å²) in [6, 6.07) is -0.995. The third kappa shape index (κ3) is 41.5. The molecule has 3 aliphatic heterocycles. The lowest BCUT2D eigenvalue weighted by atomic mass is 9.96. The first-order valence-electron chi connectivity index (χ1n) is 40.7.